The molecule has 0 aliphatic carbocycles. The highest BCUT2D eigenvalue weighted by Crippen LogP contribution is 2.06. The predicted octanol–water partition coefficient (Wildman–Crippen LogP) is 0.777. The second-order valence-corrected chi connectivity index (χ2v) is 3.27. The molecule has 0 aromatic heterocycles. The summed E-state index contributed by atoms with van der Waals surface area (Å²) in [6.07, 6.45) is 1.87. The van der Waals surface area contributed by atoms with Crippen LogP contribution in [0.3, 0.4) is 0 Å². The molecule has 0 atom stereocenters. The Morgan fingerprint density at radius 3 is 2.33 bits per heavy atom. The molecule has 1 aliphatic heterocycles. The van der Waals surface area contributed by atoms with E-state index < -0.39 is 0 Å². The molecule has 0 saturated carbocycles. The quantitative estimate of drug-likeness (QED) is 0.509. The lowest BCUT2D eigenvalue weighted by Crippen LogP contribution is -2.34. The maximum absolute atomic E-state index is 5.34. The topological polar surface area (TPSA) is 46.2 Å². The maximum Gasteiger partial charge on any atom is 0.186 e. The zero-order valence-corrected chi connectivity index (χ0v) is 9.28. The Kier molecular flexibility index (Phi) is 7.77. The molecule has 0 spiro atoms. The third-order valence-electron chi connectivity index (χ3n) is 2.02. The maximum atomic E-state index is 5.34. The minimum Gasteiger partial charge on any atom is -0.382 e. The lowest BCUT2D eigenvalue weighted by atomic mass is 10.3. The van der Waals surface area contributed by atoms with Crippen molar-refractivity contribution in [3.05, 3.63) is 0 Å². The zero-order valence-electron chi connectivity index (χ0n) is 9.28. The van der Waals surface area contributed by atoms with Crippen LogP contribution in [0.4, 0.5) is 0 Å². The largest absolute Gasteiger partial charge is 0.382 e. The Labute approximate surface area is 90.6 Å². The van der Waals surface area contributed by atoms with Crippen LogP contribution in [0, 0.1) is 0 Å². The summed E-state index contributed by atoms with van der Waals surface area (Å²) in [6, 6.07) is 0. The van der Waals surface area contributed by atoms with Crippen LogP contribution in [-0.4, -0.2) is 53.2 Å². The van der Waals surface area contributed by atoms with E-state index in [0.717, 1.165) is 26.1 Å². The summed E-state index contributed by atoms with van der Waals surface area (Å²) in [4.78, 5) is 0. The molecule has 5 heteroatoms. The predicted molar refractivity (Wildman–Crippen MR) is 53.6 cm³/mol. The summed E-state index contributed by atoms with van der Waals surface area (Å²) in [6.45, 7) is 3.76. The summed E-state index contributed by atoms with van der Waals surface area (Å²) in [5.41, 5.74) is 0. The number of rotatable bonds is 10. The molecule has 0 N–H and O–H groups in total. The fourth-order valence-corrected chi connectivity index (χ4v) is 1.09. The highest BCUT2D eigenvalue weighted by atomic mass is 16.9. The first-order chi connectivity index (χ1) is 7.43. The molecule has 1 rings (SSSR count). The van der Waals surface area contributed by atoms with Crippen molar-refractivity contribution in [3.63, 3.8) is 0 Å². The van der Waals surface area contributed by atoms with Gasteiger partial charge in [0.2, 0.25) is 0 Å². The second-order valence-electron chi connectivity index (χ2n) is 3.27. The molecule has 1 saturated heterocycles. The summed E-state index contributed by atoms with van der Waals surface area (Å²) < 4.78 is 25.5. The molecule has 1 fully saturated rings. The monoisotopic (exact) mass is 220 g/mol. The third-order valence-corrected chi connectivity index (χ3v) is 2.02. The van der Waals surface area contributed by atoms with Crippen molar-refractivity contribution in [1.29, 1.82) is 0 Å². The van der Waals surface area contributed by atoms with Gasteiger partial charge in [0.25, 0.3) is 0 Å². The molecule has 0 radical (unpaired) electrons. The van der Waals surface area contributed by atoms with Gasteiger partial charge in [0, 0.05) is 20.3 Å². The van der Waals surface area contributed by atoms with Gasteiger partial charge in [-0.2, -0.15) is 0 Å². The molecule has 0 aromatic carbocycles. The second kappa shape index (κ2) is 9.06. The van der Waals surface area contributed by atoms with Gasteiger partial charge in [0.15, 0.2) is 13.1 Å². The van der Waals surface area contributed by atoms with Gasteiger partial charge in [0.05, 0.1) is 19.8 Å². The van der Waals surface area contributed by atoms with Crippen LogP contribution in [0.2, 0.25) is 0 Å². The van der Waals surface area contributed by atoms with E-state index in [2.05, 4.69) is 0 Å². The van der Waals surface area contributed by atoms with Crippen molar-refractivity contribution >= 4 is 0 Å². The van der Waals surface area contributed by atoms with E-state index in [1.54, 1.807) is 7.11 Å². The van der Waals surface area contributed by atoms with Crippen molar-refractivity contribution < 1.29 is 23.7 Å². The Morgan fingerprint density at radius 2 is 1.73 bits per heavy atom. The number of unbranched alkanes of at least 4 members (excludes halogenated alkanes) is 1. The van der Waals surface area contributed by atoms with E-state index in [-0.39, 0.29) is 6.29 Å². The number of methoxy groups -OCH3 is 1. The highest BCUT2D eigenvalue weighted by molar-refractivity contribution is 4.46. The van der Waals surface area contributed by atoms with Crippen LogP contribution in [-0.2, 0) is 23.7 Å². The van der Waals surface area contributed by atoms with Gasteiger partial charge in [0.1, 0.15) is 0 Å². The minimum absolute atomic E-state index is 0.136. The standard InChI is InChI=1S/C10H20O5/c1-11-6-7-12-4-2-3-5-13-8-10-14-9-15-10/h10H,2-9H2,1H3. The average Bonchev–Trinajstić information content (AvgIpc) is 2.18. The van der Waals surface area contributed by atoms with Crippen molar-refractivity contribution in [1.82, 2.24) is 0 Å². The van der Waals surface area contributed by atoms with Crippen molar-refractivity contribution in [2.24, 2.45) is 0 Å². The fraction of sp³-hybridized carbons (Fsp3) is 1.00. The Balaban J connectivity index is 1.66. The van der Waals surface area contributed by atoms with Gasteiger partial charge < -0.3 is 23.7 Å². The highest BCUT2D eigenvalue weighted by Gasteiger charge is 2.17. The van der Waals surface area contributed by atoms with Gasteiger partial charge in [-0.25, -0.2) is 0 Å². The molecule has 0 amide bonds. The zero-order chi connectivity index (χ0) is 10.8. The van der Waals surface area contributed by atoms with E-state index in [4.69, 9.17) is 23.7 Å². The van der Waals surface area contributed by atoms with Crippen LogP contribution in [0.15, 0.2) is 0 Å². The minimum atomic E-state index is -0.136. The molecular weight excluding hydrogens is 200 g/mol. The molecule has 1 heterocycles. The molecule has 0 bridgehead atoms. The van der Waals surface area contributed by atoms with Gasteiger partial charge in [-0.15, -0.1) is 0 Å². The van der Waals surface area contributed by atoms with E-state index >= 15 is 0 Å². The molecule has 90 valence electrons. The van der Waals surface area contributed by atoms with Crippen LogP contribution >= 0.6 is 0 Å². The van der Waals surface area contributed by atoms with Gasteiger partial charge >= 0.3 is 0 Å². The fourth-order valence-electron chi connectivity index (χ4n) is 1.09. The van der Waals surface area contributed by atoms with Crippen LogP contribution in [0.1, 0.15) is 12.8 Å². The molecule has 0 aromatic rings. The summed E-state index contributed by atoms with van der Waals surface area (Å²) >= 11 is 0. The number of ether oxygens (including phenoxy) is 5. The normalized spacial score (nSPS) is 16.6. The van der Waals surface area contributed by atoms with Crippen LogP contribution in [0.5, 0.6) is 0 Å². The van der Waals surface area contributed by atoms with Crippen LogP contribution < -0.4 is 0 Å². The van der Waals surface area contributed by atoms with Crippen LogP contribution in [0.25, 0.3) is 0 Å². The Bertz CT molecular complexity index is 138. The first kappa shape index (κ1) is 12.9. The first-order valence-electron chi connectivity index (χ1n) is 5.31. The summed E-state index contributed by atoms with van der Waals surface area (Å²) in [7, 11) is 1.67. The molecule has 0 unspecified atom stereocenters. The summed E-state index contributed by atoms with van der Waals surface area (Å²) in [5, 5.41) is 0. The van der Waals surface area contributed by atoms with E-state index in [1.807, 2.05) is 0 Å². The molecular formula is C10H20O5. The Morgan fingerprint density at radius 1 is 1.00 bits per heavy atom. The number of hydrogen-bond donors (Lipinski definition) is 0. The van der Waals surface area contributed by atoms with Gasteiger partial charge in [-0.05, 0) is 12.8 Å². The first-order valence-corrected chi connectivity index (χ1v) is 5.31. The van der Waals surface area contributed by atoms with Gasteiger partial charge in [-0.3, -0.25) is 0 Å². The van der Waals surface area contributed by atoms with E-state index in [9.17, 15) is 0 Å². The van der Waals surface area contributed by atoms with E-state index in [0.29, 0.717) is 26.6 Å². The SMILES string of the molecule is COCCOCCCCOCC1OCO1. The van der Waals surface area contributed by atoms with Crippen molar-refractivity contribution in [2.45, 2.75) is 19.1 Å². The van der Waals surface area contributed by atoms with Gasteiger partial charge in [-0.1, -0.05) is 0 Å². The van der Waals surface area contributed by atoms with Crippen molar-refractivity contribution in [3.8, 4) is 0 Å². The lowest BCUT2D eigenvalue weighted by Gasteiger charge is -2.26. The van der Waals surface area contributed by atoms with E-state index in [1.165, 1.54) is 0 Å². The lowest BCUT2D eigenvalue weighted by molar-refractivity contribution is -0.333. The molecule has 1 aliphatic rings. The number of hydrogen-bond acceptors (Lipinski definition) is 5. The smallest absolute Gasteiger partial charge is 0.186 e. The third kappa shape index (κ3) is 6.81. The average molecular weight is 220 g/mol. The Hall–Kier alpha value is -0.200. The molecule has 15 heavy (non-hydrogen) atoms. The molecule has 5 nitrogen and oxygen atoms in total. The summed E-state index contributed by atoms with van der Waals surface area (Å²) in [5.74, 6) is 0. The van der Waals surface area contributed by atoms with Crippen molar-refractivity contribution in [2.75, 3.05) is 46.9 Å².